The van der Waals surface area contributed by atoms with Crippen molar-refractivity contribution >= 4 is 34.3 Å². The average molecular weight is 577 g/mol. The number of ether oxygens (including phenoxy) is 2. The smallest absolute Gasteiger partial charge is 0.331 e. The largest absolute Gasteiger partial charge is 0.493 e. The summed E-state index contributed by atoms with van der Waals surface area (Å²) >= 11 is 1.72. The fourth-order valence-electron chi connectivity index (χ4n) is 3.44. The molecule has 0 spiro atoms. The maximum absolute atomic E-state index is 15.1. The third kappa shape index (κ3) is 6.40. The van der Waals surface area contributed by atoms with Gasteiger partial charge >= 0.3 is 5.97 Å². The molecule has 0 N–H and O–H groups in total. The molecule has 0 amide bonds. The highest BCUT2D eigenvalue weighted by Gasteiger charge is 2.30. The number of nitrogens with zero attached hydrogens (tertiary/aromatic N) is 1. The SMILES string of the molecule is COc1c(F)cc(I)c(F)c1C[C@H](N=C(c1ccccc1)c1ccccc1)C(=O)OC(C)(C)C. The van der Waals surface area contributed by atoms with Crippen LogP contribution in [-0.4, -0.2) is 30.4 Å². The van der Waals surface area contributed by atoms with Crippen LogP contribution in [0.1, 0.15) is 37.5 Å². The summed E-state index contributed by atoms with van der Waals surface area (Å²) in [5, 5.41) is 0. The molecule has 4 nitrogen and oxygen atoms in total. The topological polar surface area (TPSA) is 47.9 Å². The summed E-state index contributed by atoms with van der Waals surface area (Å²) in [5.74, 6) is -2.25. The Morgan fingerprint density at radius 3 is 2.00 bits per heavy atom. The summed E-state index contributed by atoms with van der Waals surface area (Å²) in [6.45, 7) is 5.23. The molecule has 0 bridgehead atoms. The second-order valence-electron chi connectivity index (χ2n) is 8.63. The Bertz CT molecular complexity index is 1130. The van der Waals surface area contributed by atoms with Gasteiger partial charge < -0.3 is 9.47 Å². The second-order valence-corrected chi connectivity index (χ2v) is 9.79. The molecule has 0 heterocycles. The minimum absolute atomic E-state index is 0.0630. The molecule has 0 aliphatic rings. The maximum atomic E-state index is 15.1. The van der Waals surface area contributed by atoms with E-state index in [0.717, 1.165) is 17.2 Å². The van der Waals surface area contributed by atoms with Crippen molar-refractivity contribution in [2.75, 3.05) is 7.11 Å². The van der Waals surface area contributed by atoms with E-state index in [-0.39, 0.29) is 21.3 Å². The number of carbonyl (C=O) groups is 1. The zero-order chi connectivity index (χ0) is 24.9. The average Bonchev–Trinajstić information content (AvgIpc) is 2.79. The molecule has 3 aromatic rings. The molecule has 34 heavy (non-hydrogen) atoms. The molecule has 178 valence electrons. The van der Waals surface area contributed by atoms with Crippen LogP contribution in [0.2, 0.25) is 0 Å². The van der Waals surface area contributed by atoms with Crippen LogP contribution in [0.4, 0.5) is 8.78 Å². The predicted molar refractivity (Wildman–Crippen MR) is 137 cm³/mol. The van der Waals surface area contributed by atoms with Crippen LogP contribution >= 0.6 is 22.6 Å². The molecule has 0 aliphatic heterocycles. The normalized spacial score (nSPS) is 12.1. The number of rotatable bonds is 7. The maximum Gasteiger partial charge on any atom is 0.331 e. The van der Waals surface area contributed by atoms with Gasteiger partial charge in [-0.25, -0.2) is 13.6 Å². The fourth-order valence-corrected chi connectivity index (χ4v) is 4.04. The van der Waals surface area contributed by atoms with Crippen molar-refractivity contribution in [2.24, 2.45) is 4.99 Å². The standard InChI is InChI=1S/C27H26F2INO3/c1-27(2,3)34-26(32)22(15-19-23(29)21(30)16-20(28)25(19)33-4)31-24(17-11-7-5-8-12-17)18-13-9-6-10-14-18/h5-14,16,22H,15H2,1-4H3/t22-/m0/s1. The summed E-state index contributed by atoms with van der Waals surface area (Å²) in [6, 6.07) is 18.7. The highest BCUT2D eigenvalue weighted by atomic mass is 127. The zero-order valence-corrected chi connectivity index (χ0v) is 21.6. The van der Waals surface area contributed by atoms with Gasteiger partial charge in [-0.2, -0.15) is 0 Å². The molecule has 3 rings (SSSR count). The van der Waals surface area contributed by atoms with Crippen molar-refractivity contribution in [3.63, 3.8) is 0 Å². The van der Waals surface area contributed by atoms with Crippen molar-refractivity contribution in [3.05, 3.63) is 98.6 Å². The van der Waals surface area contributed by atoms with Crippen molar-refractivity contribution in [2.45, 2.75) is 38.8 Å². The molecule has 0 fully saturated rings. The van der Waals surface area contributed by atoms with Gasteiger partial charge in [0.25, 0.3) is 0 Å². The lowest BCUT2D eigenvalue weighted by Gasteiger charge is -2.24. The summed E-state index contributed by atoms with van der Waals surface area (Å²) < 4.78 is 40.5. The van der Waals surface area contributed by atoms with Crippen LogP contribution in [0, 0.1) is 15.2 Å². The van der Waals surface area contributed by atoms with Gasteiger partial charge in [0.05, 0.1) is 16.4 Å². The minimum atomic E-state index is -1.14. The zero-order valence-electron chi connectivity index (χ0n) is 19.4. The van der Waals surface area contributed by atoms with Gasteiger partial charge in [-0.05, 0) is 49.4 Å². The van der Waals surface area contributed by atoms with Gasteiger partial charge in [-0.15, -0.1) is 0 Å². The Labute approximate surface area is 212 Å². The molecule has 3 aromatic carbocycles. The Balaban J connectivity index is 2.18. The van der Waals surface area contributed by atoms with Crippen LogP contribution in [0.5, 0.6) is 5.75 Å². The number of esters is 1. The molecule has 0 radical (unpaired) electrons. The van der Waals surface area contributed by atoms with Crippen LogP contribution in [0.3, 0.4) is 0 Å². The van der Waals surface area contributed by atoms with E-state index < -0.39 is 29.2 Å². The van der Waals surface area contributed by atoms with Crippen LogP contribution in [0.15, 0.2) is 71.7 Å². The first-order valence-electron chi connectivity index (χ1n) is 10.7. The molecule has 7 heteroatoms. The highest BCUT2D eigenvalue weighted by molar-refractivity contribution is 14.1. The van der Waals surface area contributed by atoms with E-state index in [9.17, 15) is 9.18 Å². The van der Waals surface area contributed by atoms with Gasteiger partial charge in [0.1, 0.15) is 11.4 Å². The first kappa shape index (κ1) is 25.8. The van der Waals surface area contributed by atoms with E-state index in [1.807, 2.05) is 60.7 Å². The molecule has 0 unspecified atom stereocenters. The number of aliphatic imine (C=N–C) groups is 1. The van der Waals surface area contributed by atoms with Crippen molar-refractivity contribution < 1.29 is 23.0 Å². The lowest BCUT2D eigenvalue weighted by molar-refractivity contribution is -0.156. The predicted octanol–water partition coefficient (Wildman–Crippen LogP) is 6.37. The number of carbonyl (C=O) groups excluding carboxylic acids is 1. The third-order valence-corrected chi connectivity index (χ3v) is 5.66. The first-order valence-corrected chi connectivity index (χ1v) is 11.8. The number of benzene rings is 3. The second kappa shape index (κ2) is 11.1. The van der Waals surface area contributed by atoms with E-state index in [0.29, 0.717) is 5.71 Å². The van der Waals surface area contributed by atoms with Crippen LogP contribution in [0.25, 0.3) is 0 Å². The van der Waals surface area contributed by atoms with Crippen molar-refractivity contribution in [1.29, 1.82) is 0 Å². The molecule has 0 aliphatic carbocycles. The van der Waals surface area contributed by atoms with Crippen molar-refractivity contribution in [1.82, 2.24) is 0 Å². The molecule has 0 saturated carbocycles. The lowest BCUT2D eigenvalue weighted by atomic mass is 10.00. The summed E-state index contributed by atoms with van der Waals surface area (Å²) in [5.41, 5.74) is 1.25. The molecule has 0 aromatic heterocycles. The number of hydrogen-bond donors (Lipinski definition) is 0. The monoisotopic (exact) mass is 577 g/mol. The minimum Gasteiger partial charge on any atom is -0.493 e. The van der Waals surface area contributed by atoms with Crippen molar-refractivity contribution in [3.8, 4) is 5.75 Å². The number of methoxy groups -OCH3 is 1. The lowest BCUT2D eigenvalue weighted by Crippen LogP contribution is -2.33. The highest BCUT2D eigenvalue weighted by Crippen LogP contribution is 2.31. The molecular formula is C27H26F2INO3. The van der Waals surface area contributed by atoms with Gasteiger partial charge in [0, 0.05) is 23.1 Å². The first-order chi connectivity index (χ1) is 16.1. The van der Waals surface area contributed by atoms with Gasteiger partial charge in [0.15, 0.2) is 17.6 Å². The van der Waals surface area contributed by atoms with E-state index in [1.54, 1.807) is 43.4 Å². The van der Waals surface area contributed by atoms with Crippen LogP contribution in [-0.2, 0) is 16.0 Å². The third-order valence-electron chi connectivity index (χ3n) is 4.88. The summed E-state index contributed by atoms with van der Waals surface area (Å²) in [4.78, 5) is 18.0. The Kier molecular flexibility index (Phi) is 8.41. The fraction of sp³-hybridized carbons (Fsp3) is 0.259. The Morgan fingerprint density at radius 2 is 1.53 bits per heavy atom. The van der Waals surface area contributed by atoms with E-state index in [1.165, 1.54) is 7.11 Å². The van der Waals surface area contributed by atoms with Gasteiger partial charge in [0.2, 0.25) is 0 Å². The Morgan fingerprint density at radius 1 is 1.00 bits per heavy atom. The van der Waals surface area contributed by atoms with Crippen LogP contribution < -0.4 is 4.74 Å². The number of hydrogen-bond acceptors (Lipinski definition) is 4. The van der Waals surface area contributed by atoms with Gasteiger partial charge in [-0.1, -0.05) is 60.7 Å². The summed E-state index contributed by atoms with van der Waals surface area (Å²) in [6.07, 6.45) is -0.235. The molecule has 1 atom stereocenters. The molecular weight excluding hydrogens is 551 g/mol. The van der Waals surface area contributed by atoms with E-state index in [4.69, 9.17) is 14.5 Å². The molecule has 0 saturated heterocycles. The quantitative estimate of drug-likeness (QED) is 0.142. The van der Waals surface area contributed by atoms with E-state index in [2.05, 4.69) is 0 Å². The Hall–Kier alpha value is -2.81. The van der Waals surface area contributed by atoms with Gasteiger partial charge in [-0.3, -0.25) is 4.99 Å². The summed E-state index contributed by atoms with van der Waals surface area (Å²) in [7, 11) is 1.26. The number of halogens is 3. The van der Waals surface area contributed by atoms with E-state index >= 15 is 4.39 Å².